The van der Waals surface area contributed by atoms with Crippen molar-refractivity contribution in [2.75, 3.05) is 26.2 Å². The van der Waals surface area contributed by atoms with Gasteiger partial charge in [-0.2, -0.15) is 0 Å². The summed E-state index contributed by atoms with van der Waals surface area (Å²) in [5.41, 5.74) is -0.702. The van der Waals surface area contributed by atoms with Crippen LogP contribution in [0.2, 0.25) is 0 Å². The van der Waals surface area contributed by atoms with E-state index in [9.17, 15) is 14.7 Å². The lowest BCUT2D eigenvalue weighted by molar-refractivity contribution is -0.143. The number of nitrogens with zero attached hydrogens (tertiary/aromatic N) is 2. The zero-order chi connectivity index (χ0) is 23.6. The number of hydrogen-bond donors (Lipinski definition) is 1. The van der Waals surface area contributed by atoms with Gasteiger partial charge in [-0.25, -0.2) is 4.79 Å². The predicted octanol–water partition coefficient (Wildman–Crippen LogP) is 4.70. The lowest BCUT2D eigenvalue weighted by Crippen LogP contribution is -2.55. The van der Waals surface area contributed by atoms with Crippen LogP contribution in [0.25, 0.3) is 10.8 Å². The van der Waals surface area contributed by atoms with Crippen LogP contribution in [0, 0.1) is 0 Å². The van der Waals surface area contributed by atoms with E-state index >= 15 is 0 Å². The Morgan fingerprint density at radius 2 is 1.52 bits per heavy atom. The minimum Gasteiger partial charge on any atom is -0.444 e. The lowest BCUT2D eigenvalue weighted by Gasteiger charge is -2.43. The molecule has 6 nitrogen and oxygen atoms in total. The van der Waals surface area contributed by atoms with Crippen LogP contribution in [-0.2, 0) is 9.53 Å². The van der Waals surface area contributed by atoms with E-state index in [1.807, 2.05) is 68.1 Å². The molecule has 6 heteroatoms. The third-order valence-corrected chi connectivity index (χ3v) is 6.88. The number of carbonyl (C=O) groups is 2. The van der Waals surface area contributed by atoms with E-state index < -0.39 is 17.1 Å². The number of hydrogen-bond acceptors (Lipinski definition) is 4. The van der Waals surface area contributed by atoms with Gasteiger partial charge >= 0.3 is 6.09 Å². The van der Waals surface area contributed by atoms with Gasteiger partial charge in [-0.3, -0.25) is 4.79 Å². The zero-order valence-corrected chi connectivity index (χ0v) is 20.0. The van der Waals surface area contributed by atoms with Crippen LogP contribution in [0.5, 0.6) is 0 Å². The SMILES string of the molecule is CC(C)(C)OC(=O)N1CCN(C(=O)C(c2cccc3ccccc23)C2(O)CCCCC2)CC1. The second-order valence-corrected chi connectivity index (χ2v) is 10.5. The maximum atomic E-state index is 14.0. The zero-order valence-electron chi connectivity index (χ0n) is 20.0. The highest BCUT2D eigenvalue weighted by molar-refractivity contribution is 5.94. The molecule has 1 saturated carbocycles. The van der Waals surface area contributed by atoms with Gasteiger partial charge in [0.25, 0.3) is 0 Å². The van der Waals surface area contributed by atoms with Gasteiger partial charge in [-0.05, 0) is 49.9 Å². The summed E-state index contributed by atoms with van der Waals surface area (Å²) in [5.74, 6) is -0.656. The molecule has 0 spiro atoms. The number of piperazine rings is 1. The highest BCUT2D eigenvalue weighted by atomic mass is 16.6. The summed E-state index contributed by atoms with van der Waals surface area (Å²) < 4.78 is 5.49. The number of ether oxygens (including phenoxy) is 1. The van der Waals surface area contributed by atoms with Gasteiger partial charge in [0.15, 0.2) is 0 Å². The van der Waals surface area contributed by atoms with Gasteiger partial charge in [0.2, 0.25) is 5.91 Å². The fraction of sp³-hybridized carbons (Fsp3) is 0.556. The number of benzene rings is 2. The van der Waals surface area contributed by atoms with Crippen LogP contribution in [0.15, 0.2) is 42.5 Å². The molecule has 1 aliphatic carbocycles. The molecule has 2 fully saturated rings. The average Bonchev–Trinajstić information content (AvgIpc) is 2.79. The molecule has 2 aromatic rings. The largest absolute Gasteiger partial charge is 0.444 e. The maximum absolute atomic E-state index is 14.0. The Labute approximate surface area is 196 Å². The third-order valence-electron chi connectivity index (χ3n) is 6.88. The quantitative estimate of drug-likeness (QED) is 0.733. The molecule has 1 atom stereocenters. The first-order chi connectivity index (χ1) is 15.7. The molecular weight excluding hydrogens is 416 g/mol. The highest BCUT2D eigenvalue weighted by Gasteiger charge is 2.45. The number of fused-ring (bicyclic) bond motifs is 1. The molecule has 33 heavy (non-hydrogen) atoms. The van der Waals surface area contributed by atoms with Crippen LogP contribution in [0.3, 0.4) is 0 Å². The van der Waals surface area contributed by atoms with Crippen LogP contribution in [0.4, 0.5) is 4.79 Å². The first kappa shape index (κ1) is 23.6. The van der Waals surface area contributed by atoms with Gasteiger partial charge in [0.1, 0.15) is 5.60 Å². The molecule has 0 bridgehead atoms. The van der Waals surface area contributed by atoms with E-state index in [1.165, 1.54) is 0 Å². The van der Waals surface area contributed by atoms with E-state index in [0.717, 1.165) is 35.6 Å². The summed E-state index contributed by atoms with van der Waals surface area (Å²) in [6, 6.07) is 14.1. The summed E-state index contributed by atoms with van der Waals surface area (Å²) in [6.45, 7) is 7.30. The minimum atomic E-state index is -1.05. The van der Waals surface area contributed by atoms with Crippen molar-refractivity contribution in [1.29, 1.82) is 0 Å². The third kappa shape index (κ3) is 5.16. The van der Waals surface area contributed by atoms with Crippen molar-refractivity contribution in [1.82, 2.24) is 9.80 Å². The molecule has 1 unspecified atom stereocenters. The van der Waals surface area contributed by atoms with E-state index in [1.54, 1.807) is 4.90 Å². The van der Waals surface area contributed by atoms with Gasteiger partial charge < -0.3 is 19.6 Å². The van der Waals surface area contributed by atoms with E-state index in [2.05, 4.69) is 0 Å². The second-order valence-electron chi connectivity index (χ2n) is 10.5. The van der Waals surface area contributed by atoms with Crippen molar-refractivity contribution in [3.8, 4) is 0 Å². The number of rotatable bonds is 3. The first-order valence-electron chi connectivity index (χ1n) is 12.1. The fourth-order valence-corrected chi connectivity index (χ4v) is 5.23. The molecule has 1 heterocycles. The van der Waals surface area contributed by atoms with Crippen molar-refractivity contribution >= 4 is 22.8 Å². The molecule has 1 saturated heterocycles. The van der Waals surface area contributed by atoms with Crippen molar-refractivity contribution in [2.45, 2.75) is 70.0 Å². The van der Waals surface area contributed by atoms with Crippen molar-refractivity contribution in [3.05, 3.63) is 48.0 Å². The fourth-order valence-electron chi connectivity index (χ4n) is 5.23. The van der Waals surface area contributed by atoms with Crippen LogP contribution >= 0.6 is 0 Å². The second kappa shape index (κ2) is 9.34. The predicted molar refractivity (Wildman–Crippen MR) is 129 cm³/mol. The van der Waals surface area contributed by atoms with Crippen LogP contribution < -0.4 is 0 Å². The Morgan fingerprint density at radius 1 is 0.909 bits per heavy atom. The highest BCUT2D eigenvalue weighted by Crippen LogP contribution is 2.43. The molecule has 178 valence electrons. The summed E-state index contributed by atoms with van der Waals surface area (Å²) in [5, 5.41) is 13.9. The van der Waals surface area contributed by atoms with E-state index in [-0.39, 0.29) is 12.0 Å². The smallest absolute Gasteiger partial charge is 0.410 e. The molecule has 0 radical (unpaired) electrons. The normalized spacial score (nSPS) is 19.9. The number of aliphatic hydroxyl groups is 1. The average molecular weight is 453 g/mol. The van der Waals surface area contributed by atoms with Crippen molar-refractivity contribution < 1.29 is 19.4 Å². The minimum absolute atomic E-state index is 0.0420. The molecule has 2 aliphatic rings. The Balaban J connectivity index is 1.59. The summed E-state index contributed by atoms with van der Waals surface area (Å²) in [6.07, 6.45) is 3.86. The van der Waals surface area contributed by atoms with E-state index in [0.29, 0.717) is 39.0 Å². The van der Waals surface area contributed by atoms with Crippen molar-refractivity contribution in [2.24, 2.45) is 0 Å². The molecule has 0 aromatic heterocycles. The number of carbonyl (C=O) groups excluding carboxylic acids is 2. The van der Waals surface area contributed by atoms with Gasteiger partial charge in [-0.1, -0.05) is 61.7 Å². The molecular formula is C27H36N2O4. The Kier molecular flexibility index (Phi) is 6.66. The van der Waals surface area contributed by atoms with E-state index in [4.69, 9.17) is 4.74 Å². The molecule has 1 N–H and O–H groups in total. The lowest BCUT2D eigenvalue weighted by atomic mass is 9.71. The maximum Gasteiger partial charge on any atom is 0.410 e. The molecule has 2 aromatic carbocycles. The van der Waals surface area contributed by atoms with Crippen molar-refractivity contribution in [3.63, 3.8) is 0 Å². The summed E-state index contributed by atoms with van der Waals surface area (Å²) >= 11 is 0. The summed E-state index contributed by atoms with van der Waals surface area (Å²) in [4.78, 5) is 29.9. The Morgan fingerprint density at radius 3 is 2.18 bits per heavy atom. The molecule has 2 amide bonds. The standard InChI is InChI=1S/C27H36N2O4/c1-26(2,3)33-25(31)29-18-16-28(17-19-29)24(30)23(27(32)14-7-4-8-15-27)22-13-9-11-20-10-5-6-12-21(20)22/h5-6,9-13,23,32H,4,7-8,14-19H2,1-3H3. The molecule has 4 rings (SSSR count). The molecule has 1 aliphatic heterocycles. The van der Waals surface area contributed by atoms with Crippen LogP contribution in [0.1, 0.15) is 64.4 Å². The Bertz CT molecular complexity index is 993. The van der Waals surface area contributed by atoms with Gasteiger partial charge in [-0.15, -0.1) is 0 Å². The number of amides is 2. The Hall–Kier alpha value is -2.60. The van der Waals surface area contributed by atoms with Gasteiger partial charge in [0, 0.05) is 26.2 Å². The first-order valence-corrected chi connectivity index (χ1v) is 12.1. The van der Waals surface area contributed by atoms with Crippen LogP contribution in [-0.4, -0.2) is 64.3 Å². The summed E-state index contributed by atoms with van der Waals surface area (Å²) in [7, 11) is 0. The monoisotopic (exact) mass is 452 g/mol. The topological polar surface area (TPSA) is 70.1 Å². The van der Waals surface area contributed by atoms with Gasteiger partial charge in [0.05, 0.1) is 11.5 Å².